The molecule has 19 heteroatoms. The van der Waals surface area contributed by atoms with Crippen LogP contribution in [-0.4, -0.2) is 96.7 Å². The average molecular weight is 1470 g/mol. The summed E-state index contributed by atoms with van der Waals surface area (Å²) >= 11 is 0. The van der Waals surface area contributed by atoms with E-state index in [1.165, 1.54) is 244 Å². The third-order valence-corrected chi connectivity index (χ3v) is 20.9. The summed E-state index contributed by atoms with van der Waals surface area (Å²) in [6.07, 6.45) is 65.4. The highest BCUT2D eigenvalue weighted by atomic mass is 31.2. The zero-order chi connectivity index (χ0) is 73.4. The molecule has 0 radical (unpaired) electrons. The highest BCUT2D eigenvalue weighted by molar-refractivity contribution is 7.47. The molecule has 2 unspecified atom stereocenters. The molecule has 0 aliphatic heterocycles. The molecule has 0 aliphatic rings. The zero-order valence-corrected chi connectivity index (χ0v) is 67.1. The minimum absolute atomic E-state index is 0.108. The summed E-state index contributed by atoms with van der Waals surface area (Å²) < 4.78 is 68.6. The summed E-state index contributed by atoms with van der Waals surface area (Å²) in [5.74, 6) is -1.31. The van der Waals surface area contributed by atoms with Crippen molar-refractivity contribution in [2.45, 2.75) is 451 Å². The van der Waals surface area contributed by atoms with Crippen LogP contribution in [0.3, 0.4) is 0 Å². The van der Waals surface area contributed by atoms with E-state index in [2.05, 4.69) is 34.6 Å². The summed E-state index contributed by atoms with van der Waals surface area (Å²) in [7, 11) is -9.91. The number of carbonyl (C=O) groups is 4. The maximum absolute atomic E-state index is 13.1. The maximum Gasteiger partial charge on any atom is 0.472 e. The summed E-state index contributed by atoms with van der Waals surface area (Å²) in [5, 5.41) is 10.6. The Morgan fingerprint density at radius 2 is 0.460 bits per heavy atom. The van der Waals surface area contributed by atoms with Crippen molar-refractivity contribution in [3.63, 3.8) is 0 Å². The van der Waals surface area contributed by atoms with Gasteiger partial charge in [0, 0.05) is 25.7 Å². The molecule has 0 spiro atoms. The van der Waals surface area contributed by atoms with Crippen LogP contribution in [0.2, 0.25) is 0 Å². The lowest BCUT2D eigenvalue weighted by molar-refractivity contribution is -0.161. The highest BCUT2D eigenvalue weighted by Crippen LogP contribution is 2.45. The van der Waals surface area contributed by atoms with E-state index in [4.69, 9.17) is 37.0 Å². The number of phosphoric acid groups is 2. The highest BCUT2D eigenvalue weighted by Gasteiger charge is 2.30. The van der Waals surface area contributed by atoms with Crippen molar-refractivity contribution in [2.75, 3.05) is 39.6 Å². The second kappa shape index (κ2) is 73.9. The molecular formula is C81H158O17P2. The van der Waals surface area contributed by atoms with Crippen LogP contribution in [0.25, 0.3) is 0 Å². The molecule has 0 fully saturated rings. The fourth-order valence-electron chi connectivity index (χ4n) is 12.6. The normalized spacial score (nSPS) is 13.8. The lowest BCUT2D eigenvalue weighted by Crippen LogP contribution is -2.30. The largest absolute Gasteiger partial charge is 0.472 e. The smallest absolute Gasteiger partial charge is 0.462 e. The lowest BCUT2D eigenvalue weighted by Gasteiger charge is -2.21. The number of esters is 4. The first-order chi connectivity index (χ1) is 48.5. The van der Waals surface area contributed by atoms with Gasteiger partial charge in [0.05, 0.1) is 26.4 Å². The first kappa shape index (κ1) is 98.1. The van der Waals surface area contributed by atoms with Crippen molar-refractivity contribution < 1.29 is 80.2 Å². The van der Waals surface area contributed by atoms with E-state index < -0.39 is 97.5 Å². The van der Waals surface area contributed by atoms with E-state index in [1.807, 2.05) is 0 Å². The average Bonchev–Trinajstić information content (AvgIpc) is 0.924. The topological polar surface area (TPSA) is 237 Å². The third kappa shape index (κ3) is 74.3. The minimum atomic E-state index is -4.96. The van der Waals surface area contributed by atoms with Gasteiger partial charge in [-0.05, 0) is 31.6 Å². The monoisotopic (exact) mass is 1470 g/mol. The van der Waals surface area contributed by atoms with Gasteiger partial charge in [-0.3, -0.25) is 37.3 Å². The van der Waals surface area contributed by atoms with Gasteiger partial charge in [0.25, 0.3) is 0 Å². The van der Waals surface area contributed by atoms with Crippen LogP contribution in [-0.2, 0) is 65.4 Å². The Balaban J connectivity index is 5.17. The van der Waals surface area contributed by atoms with Crippen molar-refractivity contribution in [1.29, 1.82) is 0 Å². The molecule has 0 rings (SSSR count). The molecule has 0 amide bonds. The Morgan fingerprint density at radius 1 is 0.270 bits per heavy atom. The molecule has 0 aromatic rings. The van der Waals surface area contributed by atoms with E-state index >= 15 is 0 Å². The number of hydrogen-bond acceptors (Lipinski definition) is 15. The van der Waals surface area contributed by atoms with Crippen LogP contribution >= 0.6 is 15.6 Å². The van der Waals surface area contributed by atoms with E-state index in [9.17, 15) is 43.2 Å². The van der Waals surface area contributed by atoms with Gasteiger partial charge in [-0.15, -0.1) is 0 Å². The molecule has 0 saturated heterocycles. The Bertz CT molecular complexity index is 1910. The second-order valence-corrected chi connectivity index (χ2v) is 32.5. The second-order valence-electron chi connectivity index (χ2n) is 29.6. The number of aliphatic hydroxyl groups excluding tert-OH is 1. The summed E-state index contributed by atoms with van der Waals surface area (Å²) in [6, 6.07) is 0. The van der Waals surface area contributed by atoms with Gasteiger partial charge < -0.3 is 33.8 Å². The van der Waals surface area contributed by atoms with Crippen molar-refractivity contribution in [3.8, 4) is 0 Å². The number of aliphatic hydroxyl groups is 1. The number of rotatable bonds is 81. The van der Waals surface area contributed by atoms with Gasteiger partial charge in [-0.1, -0.05) is 381 Å². The third-order valence-electron chi connectivity index (χ3n) is 19.0. The van der Waals surface area contributed by atoms with Crippen LogP contribution in [0.1, 0.15) is 433 Å². The number of unbranched alkanes of at least 4 members (excludes halogenated alkanes) is 53. The number of phosphoric ester groups is 2. The van der Waals surface area contributed by atoms with Crippen LogP contribution in [0.4, 0.5) is 0 Å². The fraction of sp³-hybridized carbons (Fsp3) is 0.951. The first-order valence-corrected chi connectivity index (χ1v) is 45.1. The Kier molecular flexibility index (Phi) is 72.5. The number of ether oxygens (including phenoxy) is 4. The van der Waals surface area contributed by atoms with E-state index in [0.717, 1.165) is 109 Å². The molecule has 0 bridgehead atoms. The molecule has 0 aromatic carbocycles. The van der Waals surface area contributed by atoms with Crippen LogP contribution < -0.4 is 0 Å². The molecule has 3 N–H and O–H groups in total. The molecule has 5 atom stereocenters. The zero-order valence-electron chi connectivity index (χ0n) is 65.3. The number of carbonyl (C=O) groups excluding carboxylic acids is 4. The molecule has 0 saturated carbocycles. The van der Waals surface area contributed by atoms with Crippen molar-refractivity contribution in [3.05, 3.63) is 0 Å². The summed E-state index contributed by atoms with van der Waals surface area (Å²) in [5.41, 5.74) is 0. The molecule has 17 nitrogen and oxygen atoms in total. The van der Waals surface area contributed by atoms with Gasteiger partial charge in [-0.2, -0.15) is 0 Å². The van der Waals surface area contributed by atoms with Crippen LogP contribution in [0.15, 0.2) is 0 Å². The Labute approximate surface area is 613 Å². The Hall–Kier alpha value is -1.94. The lowest BCUT2D eigenvalue weighted by atomic mass is 10.0. The molecular weight excluding hydrogens is 1310 g/mol. The van der Waals surface area contributed by atoms with E-state index in [0.29, 0.717) is 25.7 Å². The van der Waals surface area contributed by atoms with E-state index in [-0.39, 0.29) is 25.7 Å². The van der Waals surface area contributed by atoms with Gasteiger partial charge in [0.1, 0.15) is 19.3 Å². The quantitative estimate of drug-likeness (QED) is 0.0222. The minimum Gasteiger partial charge on any atom is -0.462 e. The van der Waals surface area contributed by atoms with Gasteiger partial charge in [0.15, 0.2) is 12.2 Å². The molecule has 0 aromatic heterocycles. The summed E-state index contributed by atoms with van der Waals surface area (Å²) in [6.45, 7) is 7.31. The number of hydrogen-bond donors (Lipinski definition) is 3. The van der Waals surface area contributed by atoms with Crippen molar-refractivity contribution in [2.24, 2.45) is 5.92 Å². The molecule has 0 aliphatic carbocycles. The van der Waals surface area contributed by atoms with Crippen molar-refractivity contribution >= 4 is 39.5 Å². The van der Waals surface area contributed by atoms with Gasteiger partial charge >= 0.3 is 39.5 Å². The van der Waals surface area contributed by atoms with Crippen molar-refractivity contribution in [1.82, 2.24) is 0 Å². The first-order valence-electron chi connectivity index (χ1n) is 42.1. The predicted molar refractivity (Wildman–Crippen MR) is 409 cm³/mol. The van der Waals surface area contributed by atoms with Gasteiger partial charge in [-0.25, -0.2) is 9.13 Å². The van der Waals surface area contributed by atoms with Crippen LogP contribution in [0, 0.1) is 5.92 Å². The molecule has 594 valence electrons. The summed E-state index contributed by atoms with van der Waals surface area (Å²) in [4.78, 5) is 72.9. The maximum atomic E-state index is 13.1. The SMILES string of the molecule is CCCCCCCCCCCCCCCCCCCCC(=O)OC[C@H](COP(=O)(O)OC[C@@H](O)COP(=O)(O)OC[C@@H](COC(=O)CCCCCCCCC)OC(=O)CCCCCCCCCCCCCCCCC(C)C)OC(=O)CCCCCCCCCCCCCCCCCCCC. The predicted octanol–water partition coefficient (Wildman–Crippen LogP) is 24.4. The van der Waals surface area contributed by atoms with Gasteiger partial charge in [0.2, 0.25) is 0 Å². The Morgan fingerprint density at radius 3 is 0.680 bits per heavy atom. The van der Waals surface area contributed by atoms with Crippen LogP contribution in [0.5, 0.6) is 0 Å². The molecule has 100 heavy (non-hydrogen) atoms. The fourth-order valence-corrected chi connectivity index (χ4v) is 14.2. The molecule has 0 heterocycles. The van der Waals surface area contributed by atoms with E-state index in [1.54, 1.807) is 0 Å². The standard InChI is InChI=1S/C81H158O17P2/c1-6-9-12-15-18-20-22-24-26-28-30-32-37-41-45-50-55-60-65-79(84)92-71-77(98-81(86)67-61-56-51-46-42-38-33-31-29-27-25-23-21-19-16-13-10-7-2)73-96-100(89,90)94-69-75(82)68-93-99(87,88)95-72-76(70-91-78(83)64-59-54-48-17-14-11-8-3)97-80(85)66-62-57-52-47-43-39-35-34-36-40-44-49-53-58-63-74(4)5/h74-77,82H,6-73H2,1-5H3,(H,87,88)(H,89,90)/t75-,76+,77+/m0/s1.